The summed E-state index contributed by atoms with van der Waals surface area (Å²) in [6.45, 7) is -0.635. The van der Waals surface area contributed by atoms with E-state index in [4.69, 9.17) is 5.11 Å². The number of carbonyl (C=O) groups excluding carboxylic acids is 2. The molecule has 1 amide bonds. The van der Waals surface area contributed by atoms with Crippen molar-refractivity contribution >= 4 is 11.9 Å². The molecule has 0 heterocycles. The maximum atomic E-state index is 13.3. The molecule has 5 nitrogen and oxygen atoms in total. The van der Waals surface area contributed by atoms with E-state index in [-0.39, 0.29) is 12.0 Å². The Balaban J connectivity index is 2.66. The standard InChI is InChI=1S/C12H13F2NO4/c1-19-12(18)10(6-16)15-11(17)4-7-2-3-8(13)5-9(7)14/h2-3,5,10,16H,4,6H2,1H3,(H,15,17). The second kappa shape index (κ2) is 6.79. The minimum Gasteiger partial charge on any atom is -0.467 e. The number of ether oxygens (including phenoxy) is 1. The van der Waals surface area contributed by atoms with Gasteiger partial charge < -0.3 is 15.2 Å². The second-order valence-corrected chi connectivity index (χ2v) is 3.74. The van der Waals surface area contributed by atoms with Gasteiger partial charge in [0, 0.05) is 6.07 Å². The average Bonchev–Trinajstić information content (AvgIpc) is 2.38. The van der Waals surface area contributed by atoms with Gasteiger partial charge in [-0.3, -0.25) is 4.79 Å². The number of rotatable bonds is 5. The zero-order valence-corrected chi connectivity index (χ0v) is 10.2. The fourth-order valence-corrected chi connectivity index (χ4v) is 1.40. The van der Waals surface area contributed by atoms with Crippen LogP contribution in [-0.2, 0) is 20.7 Å². The molecule has 0 radical (unpaired) electrons. The third-order valence-electron chi connectivity index (χ3n) is 2.37. The molecule has 1 rings (SSSR count). The van der Waals surface area contributed by atoms with E-state index in [0.29, 0.717) is 6.07 Å². The summed E-state index contributed by atoms with van der Waals surface area (Å²) in [6, 6.07) is 1.61. The van der Waals surface area contributed by atoms with Crippen LogP contribution in [0.15, 0.2) is 18.2 Å². The molecule has 7 heteroatoms. The molecule has 1 aromatic carbocycles. The summed E-state index contributed by atoms with van der Waals surface area (Å²) in [4.78, 5) is 22.7. The van der Waals surface area contributed by atoms with E-state index in [1.165, 1.54) is 0 Å². The third kappa shape index (κ3) is 4.29. The predicted molar refractivity (Wildman–Crippen MR) is 61.1 cm³/mol. The number of halogens is 2. The van der Waals surface area contributed by atoms with E-state index in [1.807, 2.05) is 0 Å². The first-order valence-corrected chi connectivity index (χ1v) is 5.40. The van der Waals surface area contributed by atoms with E-state index in [1.54, 1.807) is 0 Å². The van der Waals surface area contributed by atoms with Crippen molar-refractivity contribution in [3.05, 3.63) is 35.4 Å². The zero-order valence-electron chi connectivity index (χ0n) is 10.2. The number of aliphatic hydroxyl groups is 1. The second-order valence-electron chi connectivity index (χ2n) is 3.74. The fraction of sp³-hybridized carbons (Fsp3) is 0.333. The molecule has 0 aliphatic carbocycles. The van der Waals surface area contributed by atoms with Crippen molar-refractivity contribution < 1.29 is 28.2 Å². The lowest BCUT2D eigenvalue weighted by Gasteiger charge is -2.13. The largest absolute Gasteiger partial charge is 0.467 e. The Morgan fingerprint density at radius 2 is 2.11 bits per heavy atom. The lowest BCUT2D eigenvalue weighted by Crippen LogP contribution is -2.44. The number of esters is 1. The summed E-state index contributed by atoms with van der Waals surface area (Å²) in [6.07, 6.45) is -0.375. The number of amides is 1. The molecule has 1 aromatic rings. The van der Waals surface area contributed by atoms with Crippen molar-refractivity contribution in [1.82, 2.24) is 5.32 Å². The number of aliphatic hydroxyl groups excluding tert-OH is 1. The number of hydrogen-bond acceptors (Lipinski definition) is 4. The number of hydrogen-bond donors (Lipinski definition) is 2. The van der Waals surface area contributed by atoms with Gasteiger partial charge in [0.15, 0.2) is 6.04 Å². The number of benzene rings is 1. The van der Waals surface area contributed by atoms with E-state index in [9.17, 15) is 18.4 Å². The first kappa shape index (κ1) is 15.0. The van der Waals surface area contributed by atoms with Crippen molar-refractivity contribution in [2.45, 2.75) is 12.5 Å². The average molecular weight is 273 g/mol. The molecule has 19 heavy (non-hydrogen) atoms. The highest BCUT2D eigenvalue weighted by Crippen LogP contribution is 2.10. The summed E-state index contributed by atoms with van der Waals surface area (Å²) in [7, 11) is 1.11. The Morgan fingerprint density at radius 1 is 1.42 bits per heavy atom. The Morgan fingerprint density at radius 3 is 2.63 bits per heavy atom. The summed E-state index contributed by atoms with van der Waals surface area (Å²) in [5, 5.41) is 11.1. The van der Waals surface area contributed by atoms with Crippen molar-refractivity contribution in [2.75, 3.05) is 13.7 Å². The van der Waals surface area contributed by atoms with Crippen LogP contribution in [0, 0.1) is 11.6 Å². The van der Waals surface area contributed by atoms with Gasteiger partial charge in [-0.1, -0.05) is 6.07 Å². The minimum atomic E-state index is -1.21. The number of nitrogens with one attached hydrogen (secondary N) is 1. The van der Waals surface area contributed by atoms with Crippen LogP contribution in [0.4, 0.5) is 8.78 Å². The van der Waals surface area contributed by atoms with Gasteiger partial charge in [-0.25, -0.2) is 13.6 Å². The number of methoxy groups -OCH3 is 1. The smallest absolute Gasteiger partial charge is 0.330 e. The quantitative estimate of drug-likeness (QED) is 0.749. The normalized spacial score (nSPS) is 11.8. The molecule has 0 fully saturated rings. The van der Waals surface area contributed by atoms with Crippen LogP contribution >= 0.6 is 0 Å². The predicted octanol–water partition coefficient (Wildman–Crippen LogP) is 0.157. The van der Waals surface area contributed by atoms with Crippen molar-refractivity contribution in [1.29, 1.82) is 0 Å². The molecule has 104 valence electrons. The summed E-state index contributed by atoms with van der Waals surface area (Å²) >= 11 is 0. The van der Waals surface area contributed by atoms with E-state index < -0.39 is 36.2 Å². The topological polar surface area (TPSA) is 75.6 Å². The molecule has 0 saturated heterocycles. The van der Waals surface area contributed by atoms with E-state index >= 15 is 0 Å². The summed E-state index contributed by atoms with van der Waals surface area (Å²) in [5.41, 5.74) is -0.0135. The lowest BCUT2D eigenvalue weighted by molar-refractivity contribution is -0.146. The minimum absolute atomic E-state index is 0.0135. The van der Waals surface area contributed by atoms with Crippen molar-refractivity contribution in [3.8, 4) is 0 Å². The van der Waals surface area contributed by atoms with Gasteiger partial charge in [0.2, 0.25) is 5.91 Å². The fourth-order valence-electron chi connectivity index (χ4n) is 1.40. The molecule has 0 aliphatic heterocycles. The zero-order chi connectivity index (χ0) is 14.4. The Labute approximate surface area is 108 Å². The molecule has 0 saturated carbocycles. The highest BCUT2D eigenvalue weighted by molar-refractivity contribution is 5.85. The summed E-state index contributed by atoms with van der Waals surface area (Å²) < 4.78 is 30.3. The Hall–Kier alpha value is -2.02. The molecular weight excluding hydrogens is 260 g/mol. The monoisotopic (exact) mass is 273 g/mol. The van der Waals surface area contributed by atoms with Crippen LogP contribution in [0.5, 0.6) is 0 Å². The van der Waals surface area contributed by atoms with Gasteiger partial charge in [-0.2, -0.15) is 0 Å². The number of carbonyl (C=O) groups is 2. The van der Waals surface area contributed by atoms with Crippen LogP contribution in [0.1, 0.15) is 5.56 Å². The van der Waals surface area contributed by atoms with Gasteiger partial charge in [-0.05, 0) is 11.6 Å². The first-order valence-electron chi connectivity index (χ1n) is 5.40. The Kier molecular flexibility index (Phi) is 5.37. The highest BCUT2D eigenvalue weighted by Gasteiger charge is 2.21. The van der Waals surface area contributed by atoms with Gasteiger partial charge in [0.25, 0.3) is 0 Å². The third-order valence-corrected chi connectivity index (χ3v) is 2.37. The molecule has 1 unspecified atom stereocenters. The van der Waals surface area contributed by atoms with Crippen LogP contribution in [0.25, 0.3) is 0 Å². The van der Waals surface area contributed by atoms with Crippen LogP contribution in [0.3, 0.4) is 0 Å². The molecule has 0 aliphatic rings. The van der Waals surface area contributed by atoms with Gasteiger partial charge in [0.05, 0.1) is 20.1 Å². The molecule has 0 bridgehead atoms. The lowest BCUT2D eigenvalue weighted by atomic mass is 10.1. The first-order chi connectivity index (χ1) is 8.97. The van der Waals surface area contributed by atoms with Crippen LogP contribution < -0.4 is 5.32 Å². The van der Waals surface area contributed by atoms with Crippen molar-refractivity contribution in [3.63, 3.8) is 0 Å². The van der Waals surface area contributed by atoms with Crippen LogP contribution in [0.2, 0.25) is 0 Å². The highest BCUT2D eigenvalue weighted by atomic mass is 19.1. The Bertz CT molecular complexity index is 479. The van der Waals surface area contributed by atoms with Gasteiger partial charge in [0.1, 0.15) is 11.6 Å². The SMILES string of the molecule is COC(=O)C(CO)NC(=O)Cc1ccc(F)cc1F. The molecule has 0 spiro atoms. The molecule has 2 N–H and O–H groups in total. The maximum Gasteiger partial charge on any atom is 0.330 e. The van der Waals surface area contributed by atoms with Crippen molar-refractivity contribution in [2.24, 2.45) is 0 Å². The maximum absolute atomic E-state index is 13.3. The molecule has 1 atom stereocenters. The van der Waals surface area contributed by atoms with Crippen LogP contribution in [-0.4, -0.2) is 36.7 Å². The summed E-state index contributed by atoms with van der Waals surface area (Å²) in [5.74, 6) is -3.09. The van der Waals surface area contributed by atoms with E-state index in [2.05, 4.69) is 10.1 Å². The molecular formula is C12H13F2NO4. The van der Waals surface area contributed by atoms with Gasteiger partial charge in [-0.15, -0.1) is 0 Å². The van der Waals surface area contributed by atoms with Gasteiger partial charge >= 0.3 is 5.97 Å². The van der Waals surface area contributed by atoms with E-state index in [0.717, 1.165) is 19.2 Å². The molecule has 0 aromatic heterocycles.